The van der Waals surface area contributed by atoms with Crippen molar-refractivity contribution in [3.63, 3.8) is 0 Å². The van der Waals surface area contributed by atoms with Gasteiger partial charge in [0, 0.05) is 17.8 Å². The molecule has 2 aromatic carbocycles. The number of carbonyl (C=O) groups is 1. The van der Waals surface area contributed by atoms with Crippen LogP contribution in [0.5, 0.6) is 17.2 Å². The normalized spacial score (nSPS) is 12.5. The van der Waals surface area contributed by atoms with Gasteiger partial charge in [-0.3, -0.25) is 4.79 Å². The van der Waals surface area contributed by atoms with Gasteiger partial charge in [0.2, 0.25) is 5.91 Å². The fraction of sp³-hybridized carbons (Fsp3) is 0.316. The van der Waals surface area contributed by atoms with Crippen molar-refractivity contribution in [3.8, 4) is 17.2 Å². The lowest BCUT2D eigenvalue weighted by Gasteiger charge is -2.16. The number of amides is 1. The number of benzene rings is 2. The molecule has 5 nitrogen and oxygen atoms in total. The maximum absolute atomic E-state index is 14.3. The molecule has 0 aliphatic heterocycles. The SMILES string of the molecule is COc1cc(C)ccc1Oc1ccc(NC(=O)C(C)C(C)N)cc1F.Cl. The Morgan fingerprint density at radius 2 is 1.77 bits per heavy atom. The molecule has 0 aliphatic carbocycles. The van der Waals surface area contributed by atoms with Gasteiger partial charge in [0.25, 0.3) is 0 Å². The van der Waals surface area contributed by atoms with Crippen LogP contribution in [0.2, 0.25) is 0 Å². The van der Waals surface area contributed by atoms with Crippen LogP contribution < -0.4 is 20.5 Å². The van der Waals surface area contributed by atoms with Gasteiger partial charge in [-0.1, -0.05) is 13.0 Å². The van der Waals surface area contributed by atoms with Crippen LogP contribution in [0.4, 0.5) is 10.1 Å². The summed E-state index contributed by atoms with van der Waals surface area (Å²) in [5.74, 6) is -0.259. The number of halogens is 2. The number of carbonyl (C=O) groups excluding carboxylic acids is 1. The predicted molar refractivity (Wildman–Crippen MR) is 103 cm³/mol. The lowest BCUT2D eigenvalue weighted by molar-refractivity contribution is -0.119. The van der Waals surface area contributed by atoms with Gasteiger partial charge >= 0.3 is 0 Å². The second-order valence-corrected chi connectivity index (χ2v) is 6.04. The summed E-state index contributed by atoms with van der Waals surface area (Å²) in [6.07, 6.45) is 0. The van der Waals surface area contributed by atoms with Gasteiger partial charge in [0.1, 0.15) is 0 Å². The molecule has 0 spiro atoms. The Labute approximate surface area is 159 Å². The largest absolute Gasteiger partial charge is 0.493 e. The number of nitrogens with two attached hydrogens (primary N) is 1. The van der Waals surface area contributed by atoms with E-state index in [1.165, 1.54) is 19.2 Å². The van der Waals surface area contributed by atoms with Crippen molar-refractivity contribution in [3.05, 3.63) is 47.8 Å². The molecule has 0 fully saturated rings. The minimum atomic E-state index is -0.589. The molecule has 0 radical (unpaired) electrons. The Bertz CT molecular complexity index is 768. The van der Waals surface area contributed by atoms with Crippen LogP contribution in [-0.4, -0.2) is 19.1 Å². The molecule has 0 saturated carbocycles. The first-order valence-electron chi connectivity index (χ1n) is 8.00. The lowest BCUT2D eigenvalue weighted by Crippen LogP contribution is -2.34. The summed E-state index contributed by atoms with van der Waals surface area (Å²) in [6.45, 7) is 5.39. The van der Waals surface area contributed by atoms with E-state index in [2.05, 4.69) is 5.32 Å². The summed E-state index contributed by atoms with van der Waals surface area (Å²) >= 11 is 0. The number of hydrogen-bond acceptors (Lipinski definition) is 4. The highest BCUT2D eigenvalue weighted by Gasteiger charge is 2.18. The fourth-order valence-corrected chi connectivity index (χ4v) is 2.13. The molecule has 0 bridgehead atoms. The van der Waals surface area contributed by atoms with Gasteiger partial charge in [-0.15, -0.1) is 12.4 Å². The topological polar surface area (TPSA) is 73.6 Å². The number of nitrogens with one attached hydrogen (secondary N) is 1. The zero-order valence-corrected chi connectivity index (χ0v) is 16.0. The molecule has 2 unspecified atom stereocenters. The summed E-state index contributed by atoms with van der Waals surface area (Å²) in [7, 11) is 1.52. The van der Waals surface area contributed by atoms with E-state index in [-0.39, 0.29) is 36.0 Å². The van der Waals surface area contributed by atoms with E-state index in [0.717, 1.165) is 5.56 Å². The lowest BCUT2D eigenvalue weighted by atomic mass is 10.0. The van der Waals surface area contributed by atoms with Gasteiger partial charge in [-0.05, 0) is 43.7 Å². The van der Waals surface area contributed by atoms with E-state index in [4.69, 9.17) is 15.2 Å². The third-order valence-corrected chi connectivity index (χ3v) is 3.94. The van der Waals surface area contributed by atoms with Crippen molar-refractivity contribution in [1.29, 1.82) is 0 Å². The van der Waals surface area contributed by atoms with Crippen molar-refractivity contribution < 1.29 is 18.7 Å². The van der Waals surface area contributed by atoms with Gasteiger partial charge in [0.05, 0.1) is 13.0 Å². The first-order valence-corrected chi connectivity index (χ1v) is 8.00. The summed E-state index contributed by atoms with van der Waals surface area (Å²) in [5, 5.41) is 2.65. The van der Waals surface area contributed by atoms with Crippen molar-refractivity contribution in [2.45, 2.75) is 26.8 Å². The van der Waals surface area contributed by atoms with Crippen molar-refractivity contribution >= 4 is 24.0 Å². The van der Waals surface area contributed by atoms with E-state index in [1.54, 1.807) is 32.0 Å². The highest BCUT2D eigenvalue weighted by molar-refractivity contribution is 5.92. The van der Waals surface area contributed by atoms with Crippen molar-refractivity contribution in [2.75, 3.05) is 12.4 Å². The summed E-state index contributed by atoms with van der Waals surface area (Å²) in [4.78, 5) is 12.0. The second kappa shape index (κ2) is 9.40. The molecule has 0 saturated heterocycles. The Balaban J connectivity index is 0.00000338. The smallest absolute Gasteiger partial charge is 0.228 e. The zero-order valence-electron chi connectivity index (χ0n) is 15.2. The predicted octanol–water partition coefficient (Wildman–Crippen LogP) is 4.28. The average Bonchev–Trinajstić information content (AvgIpc) is 2.57. The molecule has 2 rings (SSSR count). The van der Waals surface area contributed by atoms with Gasteiger partial charge < -0.3 is 20.5 Å². The molecular formula is C19H24ClFN2O3. The molecule has 0 heterocycles. The molecule has 2 atom stereocenters. The third kappa shape index (κ3) is 5.34. The first kappa shape index (κ1) is 21.7. The maximum Gasteiger partial charge on any atom is 0.228 e. The molecule has 2 aromatic rings. The zero-order chi connectivity index (χ0) is 18.6. The maximum atomic E-state index is 14.3. The van der Waals surface area contributed by atoms with Gasteiger partial charge in [-0.25, -0.2) is 4.39 Å². The van der Waals surface area contributed by atoms with Crippen LogP contribution in [0.15, 0.2) is 36.4 Å². The average molecular weight is 383 g/mol. The number of rotatable bonds is 6. The van der Waals surface area contributed by atoms with Crippen LogP contribution >= 0.6 is 12.4 Å². The van der Waals surface area contributed by atoms with E-state index in [9.17, 15) is 9.18 Å². The van der Waals surface area contributed by atoms with Crippen LogP contribution in [0.3, 0.4) is 0 Å². The monoisotopic (exact) mass is 382 g/mol. The van der Waals surface area contributed by atoms with Crippen molar-refractivity contribution in [1.82, 2.24) is 0 Å². The van der Waals surface area contributed by atoms with Crippen LogP contribution in [0.1, 0.15) is 19.4 Å². The fourth-order valence-electron chi connectivity index (χ4n) is 2.13. The highest BCUT2D eigenvalue weighted by Crippen LogP contribution is 2.34. The molecule has 142 valence electrons. The molecule has 0 aliphatic rings. The highest BCUT2D eigenvalue weighted by atomic mass is 35.5. The van der Waals surface area contributed by atoms with Gasteiger partial charge in [0.15, 0.2) is 23.1 Å². The van der Waals surface area contributed by atoms with Crippen LogP contribution in [0, 0.1) is 18.7 Å². The quantitative estimate of drug-likeness (QED) is 0.782. The third-order valence-electron chi connectivity index (χ3n) is 3.94. The Kier molecular flexibility index (Phi) is 7.86. The number of hydrogen-bond donors (Lipinski definition) is 2. The Hall–Kier alpha value is -2.31. The van der Waals surface area contributed by atoms with E-state index < -0.39 is 5.82 Å². The van der Waals surface area contributed by atoms with Crippen LogP contribution in [-0.2, 0) is 4.79 Å². The molecular weight excluding hydrogens is 359 g/mol. The number of anilines is 1. The standard InChI is InChI=1S/C19H23FN2O3.ClH/c1-11-5-7-17(18(9-11)24-4)25-16-8-6-14(10-15(16)20)22-19(23)12(2)13(3)21;/h5-10,12-13H,21H2,1-4H3,(H,22,23);1H. The van der Waals surface area contributed by atoms with E-state index >= 15 is 0 Å². The minimum Gasteiger partial charge on any atom is -0.493 e. The van der Waals surface area contributed by atoms with E-state index in [0.29, 0.717) is 17.2 Å². The van der Waals surface area contributed by atoms with Gasteiger partial charge in [-0.2, -0.15) is 0 Å². The number of methoxy groups -OCH3 is 1. The van der Waals surface area contributed by atoms with E-state index in [1.807, 2.05) is 13.0 Å². The summed E-state index contributed by atoms with van der Waals surface area (Å²) < 4.78 is 25.2. The molecule has 1 amide bonds. The van der Waals surface area contributed by atoms with Crippen molar-refractivity contribution in [2.24, 2.45) is 11.7 Å². The summed E-state index contributed by atoms with van der Waals surface area (Å²) in [5.41, 5.74) is 7.05. The Morgan fingerprint density at radius 3 is 2.35 bits per heavy atom. The Morgan fingerprint density at radius 1 is 1.12 bits per heavy atom. The summed E-state index contributed by atoms with van der Waals surface area (Å²) in [6, 6.07) is 9.32. The minimum absolute atomic E-state index is 0. The van der Waals surface area contributed by atoms with Crippen LogP contribution in [0.25, 0.3) is 0 Å². The molecule has 0 aromatic heterocycles. The molecule has 3 N–H and O–H groups in total. The molecule has 26 heavy (non-hydrogen) atoms. The molecule has 7 heteroatoms. The number of ether oxygens (including phenoxy) is 2. The first-order chi connectivity index (χ1) is 11.8. The second-order valence-electron chi connectivity index (χ2n) is 6.04. The number of aryl methyl sites for hydroxylation is 1.